The van der Waals surface area contributed by atoms with Crippen LogP contribution in [-0.2, 0) is 16.6 Å². The summed E-state index contributed by atoms with van der Waals surface area (Å²) in [6.07, 6.45) is 0.817. The molecule has 0 aliphatic carbocycles. The fraction of sp³-hybridized carbons (Fsp3) is 0.714. The predicted molar refractivity (Wildman–Crippen MR) is 89.4 cm³/mol. The Kier molecular flexibility index (Phi) is 7.29. The molecule has 1 rings (SSSR count). The molecule has 21 heavy (non-hydrogen) atoms. The Balaban J connectivity index is 3.13. The molecule has 0 bridgehead atoms. The van der Waals surface area contributed by atoms with E-state index >= 15 is 0 Å². The molecule has 1 heterocycles. The van der Waals surface area contributed by atoms with Crippen LogP contribution in [0.2, 0.25) is 0 Å². The highest BCUT2D eigenvalue weighted by Gasteiger charge is 2.29. The third kappa shape index (κ3) is 4.75. The SMILES string of the molecule is CCCN(CCN(C)C)S(=O)(=O)c1c(C)csc1CNC. The molecule has 0 amide bonds. The van der Waals surface area contributed by atoms with Gasteiger partial charge in [0.15, 0.2) is 0 Å². The molecule has 0 spiro atoms. The van der Waals surface area contributed by atoms with Crippen molar-refractivity contribution in [1.82, 2.24) is 14.5 Å². The zero-order valence-corrected chi connectivity index (χ0v) is 15.3. The number of nitrogens with one attached hydrogen (secondary N) is 1. The molecule has 0 fully saturated rings. The van der Waals surface area contributed by atoms with Crippen molar-refractivity contribution in [2.24, 2.45) is 0 Å². The van der Waals surface area contributed by atoms with E-state index < -0.39 is 10.0 Å². The van der Waals surface area contributed by atoms with Crippen molar-refractivity contribution in [3.05, 3.63) is 15.8 Å². The van der Waals surface area contributed by atoms with E-state index in [1.54, 1.807) is 4.31 Å². The first kappa shape index (κ1) is 18.6. The molecule has 1 aromatic rings. The van der Waals surface area contributed by atoms with Gasteiger partial charge < -0.3 is 10.2 Å². The normalized spacial score (nSPS) is 12.5. The first-order valence-corrected chi connectivity index (χ1v) is 9.53. The Morgan fingerprint density at radius 2 is 1.90 bits per heavy atom. The number of hydrogen-bond acceptors (Lipinski definition) is 5. The highest BCUT2D eigenvalue weighted by molar-refractivity contribution is 7.89. The smallest absolute Gasteiger partial charge is 0.244 e. The van der Waals surface area contributed by atoms with E-state index in [1.165, 1.54) is 11.3 Å². The van der Waals surface area contributed by atoms with Crippen molar-refractivity contribution < 1.29 is 8.42 Å². The Bertz CT molecular complexity index is 538. The first-order chi connectivity index (χ1) is 9.84. The quantitative estimate of drug-likeness (QED) is 0.748. The summed E-state index contributed by atoms with van der Waals surface area (Å²) in [5.41, 5.74) is 0.844. The summed E-state index contributed by atoms with van der Waals surface area (Å²) in [5.74, 6) is 0. The van der Waals surface area contributed by atoms with Crippen LogP contribution >= 0.6 is 11.3 Å². The van der Waals surface area contributed by atoms with Gasteiger partial charge in [0.1, 0.15) is 4.90 Å². The van der Waals surface area contributed by atoms with E-state index in [-0.39, 0.29) is 0 Å². The van der Waals surface area contributed by atoms with Crippen molar-refractivity contribution >= 4 is 21.4 Å². The highest BCUT2D eigenvalue weighted by Crippen LogP contribution is 2.29. The van der Waals surface area contributed by atoms with Crippen LogP contribution in [0.3, 0.4) is 0 Å². The lowest BCUT2D eigenvalue weighted by atomic mass is 10.3. The Hall–Kier alpha value is -0.470. The van der Waals surface area contributed by atoms with Gasteiger partial charge in [-0.1, -0.05) is 6.92 Å². The summed E-state index contributed by atoms with van der Waals surface area (Å²) in [4.78, 5) is 3.39. The summed E-state index contributed by atoms with van der Waals surface area (Å²) < 4.78 is 27.6. The summed E-state index contributed by atoms with van der Waals surface area (Å²) in [7, 11) is 2.33. The lowest BCUT2D eigenvalue weighted by molar-refractivity contribution is 0.332. The molecule has 0 aliphatic heterocycles. The Morgan fingerprint density at radius 3 is 2.43 bits per heavy atom. The van der Waals surface area contributed by atoms with Gasteiger partial charge in [0.2, 0.25) is 10.0 Å². The zero-order chi connectivity index (χ0) is 16.0. The third-order valence-electron chi connectivity index (χ3n) is 3.19. The number of thiophene rings is 1. The van der Waals surface area contributed by atoms with Gasteiger partial charge >= 0.3 is 0 Å². The molecule has 5 nitrogen and oxygen atoms in total. The van der Waals surface area contributed by atoms with Crippen molar-refractivity contribution in [1.29, 1.82) is 0 Å². The van der Waals surface area contributed by atoms with Crippen LogP contribution in [-0.4, -0.2) is 58.4 Å². The maximum absolute atomic E-state index is 13.0. The fourth-order valence-corrected chi connectivity index (χ4v) is 5.45. The van der Waals surface area contributed by atoms with Gasteiger partial charge in [0, 0.05) is 31.1 Å². The zero-order valence-electron chi connectivity index (χ0n) is 13.6. The molecule has 0 unspecified atom stereocenters. The second-order valence-corrected chi connectivity index (χ2v) is 8.25. The van der Waals surface area contributed by atoms with E-state index in [0.717, 1.165) is 23.4 Å². The maximum Gasteiger partial charge on any atom is 0.244 e. The predicted octanol–water partition coefficient (Wildman–Crippen LogP) is 1.74. The number of sulfonamides is 1. The number of rotatable bonds is 9. The summed E-state index contributed by atoms with van der Waals surface area (Å²) in [6.45, 7) is 6.28. The van der Waals surface area contributed by atoms with Crippen molar-refractivity contribution in [3.63, 3.8) is 0 Å². The van der Waals surface area contributed by atoms with E-state index in [9.17, 15) is 8.42 Å². The topological polar surface area (TPSA) is 52.7 Å². The van der Waals surface area contributed by atoms with Crippen LogP contribution in [0.15, 0.2) is 10.3 Å². The van der Waals surface area contributed by atoms with Crippen LogP contribution in [0.25, 0.3) is 0 Å². The van der Waals surface area contributed by atoms with E-state index in [4.69, 9.17) is 0 Å². The fourth-order valence-electron chi connectivity index (χ4n) is 2.16. The molecule has 7 heteroatoms. The lowest BCUT2D eigenvalue weighted by Crippen LogP contribution is -2.37. The van der Waals surface area contributed by atoms with Crippen LogP contribution in [0.5, 0.6) is 0 Å². The molecular weight excluding hydrogens is 306 g/mol. The molecule has 1 aromatic heterocycles. The van der Waals surface area contributed by atoms with Crippen molar-refractivity contribution in [2.45, 2.75) is 31.7 Å². The molecule has 0 radical (unpaired) electrons. The van der Waals surface area contributed by atoms with Crippen molar-refractivity contribution in [3.8, 4) is 0 Å². The van der Waals surface area contributed by atoms with Gasteiger partial charge in [-0.2, -0.15) is 4.31 Å². The minimum atomic E-state index is -3.42. The largest absolute Gasteiger partial charge is 0.315 e. The standard InChI is InChI=1S/C14H27N3O2S2/c1-6-7-17(9-8-16(4)5)21(18,19)14-12(2)11-20-13(14)10-15-3/h11,15H,6-10H2,1-5H3. The second-order valence-electron chi connectivity index (χ2n) is 5.41. The third-order valence-corrected chi connectivity index (χ3v) is 6.56. The van der Waals surface area contributed by atoms with E-state index in [2.05, 4.69) is 5.32 Å². The number of nitrogens with zero attached hydrogens (tertiary/aromatic N) is 2. The summed E-state index contributed by atoms with van der Waals surface area (Å²) in [5, 5.41) is 4.98. The molecule has 0 saturated carbocycles. The van der Waals surface area contributed by atoms with Gasteiger partial charge in [-0.05, 0) is 45.4 Å². The summed E-state index contributed by atoms with van der Waals surface area (Å²) >= 11 is 1.51. The van der Waals surface area contributed by atoms with Crippen molar-refractivity contribution in [2.75, 3.05) is 40.8 Å². The molecule has 0 atom stereocenters. The van der Waals surface area contributed by atoms with Crippen LogP contribution in [0.4, 0.5) is 0 Å². The Morgan fingerprint density at radius 1 is 1.24 bits per heavy atom. The highest BCUT2D eigenvalue weighted by atomic mass is 32.2. The monoisotopic (exact) mass is 333 g/mol. The van der Waals surface area contributed by atoms with E-state index in [0.29, 0.717) is 24.5 Å². The minimum Gasteiger partial charge on any atom is -0.315 e. The van der Waals surface area contributed by atoms with Gasteiger partial charge in [-0.3, -0.25) is 0 Å². The molecule has 122 valence electrons. The average molecular weight is 334 g/mol. The van der Waals surface area contributed by atoms with Gasteiger partial charge in [0.25, 0.3) is 0 Å². The van der Waals surface area contributed by atoms with Gasteiger partial charge in [0.05, 0.1) is 0 Å². The van der Waals surface area contributed by atoms with Crippen LogP contribution in [0.1, 0.15) is 23.8 Å². The van der Waals surface area contributed by atoms with E-state index in [1.807, 2.05) is 45.3 Å². The number of likely N-dealkylation sites (N-methyl/N-ethyl adjacent to an activating group) is 1. The number of hydrogen-bond donors (Lipinski definition) is 1. The molecule has 0 aliphatic rings. The summed E-state index contributed by atoms with van der Waals surface area (Å²) in [6, 6.07) is 0. The molecule has 1 N–H and O–H groups in total. The first-order valence-electron chi connectivity index (χ1n) is 7.21. The minimum absolute atomic E-state index is 0.494. The average Bonchev–Trinajstić information content (AvgIpc) is 2.76. The molecular formula is C14H27N3O2S2. The Labute approximate surface area is 133 Å². The van der Waals surface area contributed by atoms with Gasteiger partial charge in [-0.25, -0.2) is 8.42 Å². The molecule has 0 saturated heterocycles. The lowest BCUT2D eigenvalue weighted by Gasteiger charge is -2.24. The second kappa shape index (κ2) is 8.24. The van der Waals surface area contributed by atoms with Crippen LogP contribution in [0, 0.1) is 6.92 Å². The number of aryl methyl sites for hydroxylation is 1. The maximum atomic E-state index is 13.0. The molecule has 0 aromatic carbocycles. The van der Waals surface area contributed by atoms with Crippen LogP contribution < -0.4 is 5.32 Å². The van der Waals surface area contributed by atoms with Gasteiger partial charge in [-0.15, -0.1) is 11.3 Å².